The van der Waals surface area contributed by atoms with Crippen molar-refractivity contribution < 1.29 is 5.11 Å². The van der Waals surface area contributed by atoms with E-state index in [9.17, 15) is 0 Å². The molecule has 0 radical (unpaired) electrons. The summed E-state index contributed by atoms with van der Waals surface area (Å²) >= 11 is 1.81. The highest BCUT2D eigenvalue weighted by Gasteiger charge is 1.91. The standard InChI is InChI=1S/C9H13NOS/c11-7-1-2-8-12-9-3-5-10-6-4-9/h3-6,11H,1-2,7-8H2. The van der Waals surface area contributed by atoms with E-state index in [1.807, 2.05) is 23.9 Å². The van der Waals surface area contributed by atoms with E-state index < -0.39 is 0 Å². The average Bonchev–Trinajstić information content (AvgIpc) is 2.14. The Balaban J connectivity index is 2.16. The lowest BCUT2D eigenvalue weighted by Gasteiger charge is -1.98. The van der Waals surface area contributed by atoms with Crippen LogP contribution in [-0.4, -0.2) is 22.5 Å². The smallest absolute Gasteiger partial charge is 0.0431 e. The number of aliphatic hydroxyl groups is 1. The fourth-order valence-corrected chi connectivity index (χ4v) is 1.74. The van der Waals surface area contributed by atoms with Crippen LogP contribution in [0.4, 0.5) is 0 Å². The maximum atomic E-state index is 8.54. The Morgan fingerprint density at radius 2 is 2.00 bits per heavy atom. The molecule has 0 saturated heterocycles. The van der Waals surface area contributed by atoms with Gasteiger partial charge in [0.15, 0.2) is 0 Å². The normalized spacial score (nSPS) is 10.1. The van der Waals surface area contributed by atoms with Crippen molar-refractivity contribution in [2.45, 2.75) is 17.7 Å². The zero-order valence-electron chi connectivity index (χ0n) is 6.94. The first-order chi connectivity index (χ1) is 5.93. The highest BCUT2D eigenvalue weighted by Crippen LogP contribution is 2.17. The van der Waals surface area contributed by atoms with Crippen molar-refractivity contribution in [1.82, 2.24) is 4.98 Å². The summed E-state index contributed by atoms with van der Waals surface area (Å²) in [6.45, 7) is 0.302. The minimum absolute atomic E-state index is 0.302. The van der Waals surface area contributed by atoms with Gasteiger partial charge in [-0.2, -0.15) is 0 Å². The molecule has 1 aromatic rings. The molecule has 1 N–H and O–H groups in total. The third-order valence-electron chi connectivity index (χ3n) is 1.47. The Bertz CT molecular complexity index is 203. The molecule has 0 fully saturated rings. The Morgan fingerprint density at radius 3 is 2.67 bits per heavy atom. The number of pyridine rings is 1. The summed E-state index contributed by atoms with van der Waals surface area (Å²) in [4.78, 5) is 5.19. The van der Waals surface area contributed by atoms with Crippen molar-refractivity contribution in [3.63, 3.8) is 0 Å². The average molecular weight is 183 g/mol. The largest absolute Gasteiger partial charge is 0.396 e. The van der Waals surface area contributed by atoms with Crippen LogP contribution in [-0.2, 0) is 0 Å². The molecule has 0 bridgehead atoms. The van der Waals surface area contributed by atoms with Gasteiger partial charge in [0.1, 0.15) is 0 Å². The van der Waals surface area contributed by atoms with Crippen molar-refractivity contribution in [2.75, 3.05) is 12.4 Å². The van der Waals surface area contributed by atoms with E-state index in [4.69, 9.17) is 5.11 Å². The molecule has 0 spiro atoms. The molecule has 12 heavy (non-hydrogen) atoms. The highest BCUT2D eigenvalue weighted by molar-refractivity contribution is 7.99. The first-order valence-electron chi connectivity index (χ1n) is 4.07. The monoisotopic (exact) mass is 183 g/mol. The molecule has 0 aliphatic heterocycles. The zero-order valence-corrected chi connectivity index (χ0v) is 7.76. The molecule has 3 heteroatoms. The topological polar surface area (TPSA) is 33.1 Å². The first kappa shape index (κ1) is 9.55. The third-order valence-corrected chi connectivity index (χ3v) is 2.57. The van der Waals surface area contributed by atoms with Gasteiger partial charge in [0.05, 0.1) is 0 Å². The van der Waals surface area contributed by atoms with Gasteiger partial charge in [0, 0.05) is 23.9 Å². The van der Waals surface area contributed by atoms with Crippen molar-refractivity contribution in [1.29, 1.82) is 0 Å². The number of rotatable bonds is 5. The lowest BCUT2D eigenvalue weighted by Crippen LogP contribution is -1.85. The number of aromatic nitrogens is 1. The van der Waals surface area contributed by atoms with E-state index in [1.165, 1.54) is 4.90 Å². The number of aliphatic hydroxyl groups excluding tert-OH is 1. The number of hydrogen-bond acceptors (Lipinski definition) is 3. The predicted octanol–water partition coefficient (Wildman–Crippen LogP) is 1.95. The number of thioether (sulfide) groups is 1. The Hall–Kier alpha value is -0.540. The van der Waals surface area contributed by atoms with Crippen LogP contribution in [0.25, 0.3) is 0 Å². The molecule has 1 aromatic heterocycles. The molecule has 0 aliphatic carbocycles. The quantitative estimate of drug-likeness (QED) is 0.559. The summed E-state index contributed by atoms with van der Waals surface area (Å²) in [6.07, 6.45) is 5.57. The SMILES string of the molecule is OCCCCSc1ccncc1. The highest BCUT2D eigenvalue weighted by atomic mass is 32.2. The van der Waals surface area contributed by atoms with Gasteiger partial charge in [-0.05, 0) is 30.7 Å². The summed E-state index contributed by atoms with van der Waals surface area (Å²) in [5.74, 6) is 1.07. The van der Waals surface area contributed by atoms with E-state index >= 15 is 0 Å². The summed E-state index contributed by atoms with van der Waals surface area (Å²) in [5.41, 5.74) is 0. The van der Waals surface area contributed by atoms with E-state index in [-0.39, 0.29) is 0 Å². The second-order valence-corrected chi connectivity index (χ2v) is 3.63. The lowest BCUT2D eigenvalue weighted by molar-refractivity contribution is 0.287. The number of unbranched alkanes of at least 4 members (excludes halogenated alkanes) is 1. The van der Waals surface area contributed by atoms with E-state index in [0.29, 0.717) is 6.61 Å². The van der Waals surface area contributed by atoms with Gasteiger partial charge in [-0.3, -0.25) is 4.98 Å². The fourth-order valence-electron chi connectivity index (χ4n) is 0.838. The van der Waals surface area contributed by atoms with Gasteiger partial charge in [-0.25, -0.2) is 0 Å². The van der Waals surface area contributed by atoms with Crippen LogP contribution in [0.1, 0.15) is 12.8 Å². The molecule has 0 atom stereocenters. The van der Waals surface area contributed by atoms with E-state index in [0.717, 1.165) is 18.6 Å². The molecule has 0 aromatic carbocycles. The van der Waals surface area contributed by atoms with E-state index in [1.54, 1.807) is 12.4 Å². The molecule has 0 aliphatic rings. The van der Waals surface area contributed by atoms with Crippen molar-refractivity contribution in [3.8, 4) is 0 Å². The maximum absolute atomic E-state index is 8.54. The Morgan fingerprint density at radius 1 is 1.25 bits per heavy atom. The first-order valence-corrected chi connectivity index (χ1v) is 5.06. The van der Waals surface area contributed by atoms with Gasteiger partial charge >= 0.3 is 0 Å². The van der Waals surface area contributed by atoms with Gasteiger partial charge in [-0.1, -0.05) is 0 Å². The van der Waals surface area contributed by atoms with Crippen LogP contribution in [0, 0.1) is 0 Å². The Kier molecular flexibility index (Phi) is 4.80. The maximum Gasteiger partial charge on any atom is 0.0431 e. The second kappa shape index (κ2) is 6.03. The van der Waals surface area contributed by atoms with Crippen molar-refractivity contribution in [3.05, 3.63) is 24.5 Å². The van der Waals surface area contributed by atoms with Crippen molar-refractivity contribution >= 4 is 11.8 Å². The van der Waals surface area contributed by atoms with Gasteiger partial charge in [0.2, 0.25) is 0 Å². The summed E-state index contributed by atoms with van der Waals surface area (Å²) in [7, 11) is 0. The summed E-state index contributed by atoms with van der Waals surface area (Å²) in [6, 6.07) is 4.01. The second-order valence-electron chi connectivity index (χ2n) is 2.46. The minimum Gasteiger partial charge on any atom is -0.396 e. The molecular formula is C9H13NOS. The minimum atomic E-state index is 0.302. The van der Waals surface area contributed by atoms with Gasteiger partial charge in [-0.15, -0.1) is 11.8 Å². The van der Waals surface area contributed by atoms with Crippen LogP contribution < -0.4 is 0 Å². The number of nitrogens with zero attached hydrogens (tertiary/aromatic N) is 1. The molecule has 0 amide bonds. The molecule has 0 unspecified atom stereocenters. The van der Waals surface area contributed by atoms with Crippen LogP contribution in [0.2, 0.25) is 0 Å². The van der Waals surface area contributed by atoms with Crippen LogP contribution in [0.3, 0.4) is 0 Å². The molecule has 1 rings (SSSR count). The van der Waals surface area contributed by atoms with Gasteiger partial charge < -0.3 is 5.11 Å². The van der Waals surface area contributed by atoms with Crippen molar-refractivity contribution in [2.24, 2.45) is 0 Å². The molecule has 1 heterocycles. The predicted molar refractivity (Wildman–Crippen MR) is 51.3 cm³/mol. The van der Waals surface area contributed by atoms with Gasteiger partial charge in [0.25, 0.3) is 0 Å². The van der Waals surface area contributed by atoms with Crippen LogP contribution >= 0.6 is 11.8 Å². The fraction of sp³-hybridized carbons (Fsp3) is 0.444. The van der Waals surface area contributed by atoms with E-state index in [2.05, 4.69) is 4.98 Å². The molecule has 0 saturated carbocycles. The third kappa shape index (κ3) is 3.74. The van der Waals surface area contributed by atoms with Crippen LogP contribution in [0.15, 0.2) is 29.4 Å². The Labute approximate surface area is 77.0 Å². The number of hydrogen-bond donors (Lipinski definition) is 1. The lowest BCUT2D eigenvalue weighted by atomic mass is 10.4. The molecule has 66 valence electrons. The molecule has 2 nitrogen and oxygen atoms in total. The molecular weight excluding hydrogens is 170 g/mol. The summed E-state index contributed by atoms with van der Waals surface area (Å²) < 4.78 is 0. The zero-order chi connectivity index (χ0) is 8.65. The van der Waals surface area contributed by atoms with Crippen LogP contribution in [0.5, 0.6) is 0 Å². The summed E-state index contributed by atoms with van der Waals surface area (Å²) in [5, 5.41) is 8.54.